The zero-order valence-corrected chi connectivity index (χ0v) is 12.4. The van der Waals surface area contributed by atoms with E-state index in [0.717, 1.165) is 17.7 Å². The molecule has 0 spiro atoms. The molecule has 1 aromatic carbocycles. The minimum Gasteiger partial charge on any atom is -0.481 e. The van der Waals surface area contributed by atoms with Crippen molar-refractivity contribution in [2.75, 3.05) is 11.4 Å². The molecule has 1 atom stereocenters. The van der Waals surface area contributed by atoms with Crippen LogP contribution in [0.2, 0.25) is 0 Å². The monoisotopic (exact) mass is 277 g/mol. The smallest absolute Gasteiger partial charge is 0.305 e. The summed E-state index contributed by atoms with van der Waals surface area (Å²) in [4.78, 5) is 24.7. The second-order valence-corrected chi connectivity index (χ2v) is 5.24. The molecule has 0 aliphatic rings. The Bertz CT molecular complexity index is 453. The number of carboxylic acid groups (broad SMARTS) is 1. The highest BCUT2D eigenvalue weighted by Gasteiger charge is 2.18. The van der Waals surface area contributed by atoms with Gasteiger partial charge < -0.3 is 10.0 Å². The van der Waals surface area contributed by atoms with E-state index in [1.54, 1.807) is 4.90 Å². The second-order valence-electron chi connectivity index (χ2n) is 5.24. The summed E-state index contributed by atoms with van der Waals surface area (Å²) in [6.07, 6.45) is 1.34. The van der Waals surface area contributed by atoms with Crippen molar-refractivity contribution in [2.24, 2.45) is 5.92 Å². The predicted octanol–water partition coefficient (Wildman–Crippen LogP) is 3.24. The Morgan fingerprint density at radius 1 is 1.25 bits per heavy atom. The minimum absolute atomic E-state index is 0.00977. The fourth-order valence-corrected chi connectivity index (χ4v) is 1.88. The van der Waals surface area contributed by atoms with Gasteiger partial charge in [0.2, 0.25) is 5.91 Å². The van der Waals surface area contributed by atoms with Gasteiger partial charge in [-0.3, -0.25) is 9.59 Å². The third kappa shape index (κ3) is 5.03. The molecular formula is C16H23NO3. The van der Waals surface area contributed by atoms with Crippen LogP contribution in [0.4, 0.5) is 5.69 Å². The largest absolute Gasteiger partial charge is 0.481 e. The maximum atomic E-state index is 12.3. The summed E-state index contributed by atoms with van der Waals surface area (Å²) in [6.45, 7) is 6.27. The van der Waals surface area contributed by atoms with Gasteiger partial charge in [0.1, 0.15) is 0 Å². The van der Waals surface area contributed by atoms with Crippen LogP contribution in [0.15, 0.2) is 24.3 Å². The summed E-state index contributed by atoms with van der Waals surface area (Å²) in [5.74, 6) is -0.594. The maximum Gasteiger partial charge on any atom is 0.305 e. The first kappa shape index (κ1) is 16.2. The van der Waals surface area contributed by atoms with Gasteiger partial charge in [0.05, 0.1) is 6.42 Å². The fourth-order valence-electron chi connectivity index (χ4n) is 1.88. The first-order valence-electron chi connectivity index (χ1n) is 7.02. The number of nitrogens with zero attached hydrogens (tertiary/aromatic N) is 1. The Morgan fingerprint density at radius 2 is 1.85 bits per heavy atom. The normalized spacial score (nSPS) is 11.9. The number of hydrogen-bond donors (Lipinski definition) is 1. The number of hydrogen-bond acceptors (Lipinski definition) is 2. The van der Waals surface area contributed by atoms with Crippen molar-refractivity contribution >= 4 is 17.6 Å². The molecule has 0 heterocycles. The predicted molar refractivity (Wildman–Crippen MR) is 79.9 cm³/mol. The molecule has 1 rings (SSSR count). The lowest BCUT2D eigenvalue weighted by molar-refractivity contribution is -0.136. The molecule has 0 aromatic heterocycles. The van der Waals surface area contributed by atoms with Crippen molar-refractivity contribution in [1.82, 2.24) is 0 Å². The first-order valence-corrected chi connectivity index (χ1v) is 7.02. The van der Waals surface area contributed by atoms with Gasteiger partial charge in [-0.15, -0.1) is 0 Å². The van der Waals surface area contributed by atoms with Crippen LogP contribution in [0.1, 0.15) is 38.7 Å². The van der Waals surface area contributed by atoms with Gasteiger partial charge in [-0.25, -0.2) is 0 Å². The first-order chi connectivity index (χ1) is 9.43. The van der Waals surface area contributed by atoms with Crippen LogP contribution in [-0.4, -0.2) is 23.5 Å². The van der Waals surface area contributed by atoms with Gasteiger partial charge >= 0.3 is 5.97 Å². The van der Waals surface area contributed by atoms with E-state index in [9.17, 15) is 9.59 Å². The summed E-state index contributed by atoms with van der Waals surface area (Å²) in [5.41, 5.74) is 1.88. The molecule has 1 unspecified atom stereocenters. The maximum absolute atomic E-state index is 12.3. The molecule has 1 amide bonds. The summed E-state index contributed by atoms with van der Waals surface area (Å²) >= 11 is 0. The highest BCUT2D eigenvalue weighted by Crippen LogP contribution is 2.19. The Balaban J connectivity index is 2.86. The van der Waals surface area contributed by atoms with Crippen molar-refractivity contribution < 1.29 is 14.7 Å². The van der Waals surface area contributed by atoms with Gasteiger partial charge in [-0.2, -0.15) is 0 Å². The Labute approximate surface area is 120 Å². The molecule has 0 aliphatic heterocycles. The van der Waals surface area contributed by atoms with E-state index in [0.29, 0.717) is 12.3 Å². The second kappa shape index (κ2) is 7.68. The molecule has 0 radical (unpaired) electrons. The van der Waals surface area contributed by atoms with E-state index < -0.39 is 5.97 Å². The number of benzene rings is 1. The molecule has 4 nitrogen and oxygen atoms in total. The fraction of sp³-hybridized carbons (Fsp3) is 0.500. The molecule has 4 heteroatoms. The van der Waals surface area contributed by atoms with Gasteiger partial charge in [0, 0.05) is 18.7 Å². The van der Waals surface area contributed by atoms with Gasteiger partial charge in [0.25, 0.3) is 0 Å². The van der Waals surface area contributed by atoms with Gasteiger partial charge in [-0.05, 0) is 25.0 Å². The topological polar surface area (TPSA) is 57.6 Å². The number of rotatable bonds is 7. The molecule has 0 saturated heterocycles. The summed E-state index contributed by atoms with van der Waals surface area (Å²) in [7, 11) is 0. The molecule has 0 fully saturated rings. The van der Waals surface area contributed by atoms with Gasteiger partial charge in [0.15, 0.2) is 0 Å². The number of carbonyl (C=O) groups is 2. The van der Waals surface area contributed by atoms with E-state index >= 15 is 0 Å². The van der Waals surface area contributed by atoms with Crippen molar-refractivity contribution in [2.45, 2.75) is 40.0 Å². The zero-order chi connectivity index (χ0) is 15.1. The van der Waals surface area contributed by atoms with E-state index in [2.05, 4.69) is 0 Å². The average Bonchev–Trinajstić information content (AvgIpc) is 2.40. The number of carbonyl (C=O) groups excluding carboxylic acids is 1. The summed E-state index contributed by atoms with van der Waals surface area (Å²) in [6, 6.07) is 7.59. The van der Waals surface area contributed by atoms with E-state index in [1.165, 1.54) is 0 Å². The quantitative estimate of drug-likeness (QED) is 0.832. The molecule has 1 aromatic rings. The lowest BCUT2D eigenvalue weighted by Crippen LogP contribution is -2.33. The molecule has 20 heavy (non-hydrogen) atoms. The molecule has 110 valence electrons. The SMILES string of the molecule is CCC(C)CC(=O)N(CCC(=O)O)c1ccc(C)cc1. The number of anilines is 1. The Morgan fingerprint density at radius 3 is 2.35 bits per heavy atom. The summed E-state index contributed by atoms with van der Waals surface area (Å²) in [5, 5.41) is 8.83. The van der Waals surface area contributed by atoms with Crippen LogP contribution in [0, 0.1) is 12.8 Å². The average molecular weight is 277 g/mol. The number of carboxylic acids is 1. The van der Waals surface area contributed by atoms with Crippen LogP contribution in [0.3, 0.4) is 0 Å². The van der Waals surface area contributed by atoms with Crippen molar-refractivity contribution in [3.63, 3.8) is 0 Å². The van der Waals surface area contributed by atoms with Crippen LogP contribution >= 0.6 is 0 Å². The minimum atomic E-state index is -0.890. The van der Waals surface area contributed by atoms with Crippen molar-refractivity contribution in [1.29, 1.82) is 0 Å². The number of aryl methyl sites for hydroxylation is 1. The lowest BCUT2D eigenvalue weighted by atomic mass is 10.0. The highest BCUT2D eigenvalue weighted by atomic mass is 16.4. The molecular weight excluding hydrogens is 254 g/mol. The molecule has 0 bridgehead atoms. The number of amides is 1. The van der Waals surface area contributed by atoms with E-state index in [4.69, 9.17) is 5.11 Å². The van der Waals surface area contributed by atoms with E-state index in [-0.39, 0.29) is 18.9 Å². The standard InChI is InChI=1S/C16H23NO3/c1-4-12(2)11-15(18)17(10-9-16(19)20)14-7-5-13(3)6-8-14/h5-8,12H,4,9-11H2,1-3H3,(H,19,20). The molecule has 0 aliphatic carbocycles. The Kier molecular flexibility index (Phi) is 6.22. The van der Waals surface area contributed by atoms with Crippen LogP contribution in [-0.2, 0) is 9.59 Å². The highest BCUT2D eigenvalue weighted by molar-refractivity contribution is 5.94. The zero-order valence-electron chi connectivity index (χ0n) is 12.4. The van der Waals surface area contributed by atoms with Crippen LogP contribution in [0.5, 0.6) is 0 Å². The lowest BCUT2D eigenvalue weighted by Gasteiger charge is -2.23. The third-order valence-corrected chi connectivity index (χ3v) is 3.42. The Hall–Kier alpha value is -1.84. The third-order valence-electron chi connectivity index (χ3n) is 3.42. The van der Waals surface area contributed by atoms with Crippen LogP contribution in [0.25, 0.3) is 0 Å². The van der Waals surface area contributed by atoms with E-state index in [1.807, 2.05) is 45.0 Å². The summed E-state index contributed by atoms with van der Waals surface area (Å²) < 4.78 is 0. The van der Waals surface area contributed by atoms with Crippen LogP contribution < -0.4 is 4.90 Å². The van der Waals surface area contributed by atoms with Gasteiger partial charge in [-0.1, -0.05) is 38.0 Å². The molecule has 0 saturated carbocycles. The number of aliphatic carboxylic acids is 1. The molecule has 1 N–H and O–H groups in total. The van der Waals surface area contributed by atoms with Crippen molar-refractivity contribution in [3.05, 3.63) is 29.8 Å². The van der Waals surface area contributed by atoms with Crippen molar-refractivity contribution in [3.8, 4) is 0 Å².